The van der Waals surface area contributed by atoms with E-state index in [1.165, 1.54) is 19.2 Å². The Bertz CT molecular complexity index is 1500. The number of hydrogen-bond donors (Lipinski definition) is 0. The molecule has 1 atom stereocenters. The minimum absolute atomic E-state index is 0.0195. The molecule has 0 amide bonds. The second-order valence-electron chi connectivity index (χ2n) is 10.9. The van der Waals surface area contributed by atoms with Gasteiger partial charge >= 0.3 is 11.9 Å². The largest absolute Gasteiger partial charge is 0.465 e. The van der Waals surface area contributed by atoms with Gasteiger partial charge < -0.3 is 9.47 Å². The lowest BCUT2D eigenvalue weighted by Crippen LogP contribution is -2.45. The average Bonchev–Trinajstić information content (AvgIpc) is 3.39. The fourth-order valence-corrected chi connectivity index (χ4v) is 6.68. The van der Waals surface area contributed by atoms with Gasteiger partial charge in [0.1, 0.15) is 11.4 Å². The van der Waals surface area contributed by atoms with Gasteiger partial charge in [0, 0.05) is 5.39 Å². The summed E-state index contributed by atoms with van der Waals surface area (Å²) in [6.45, 7) is 9.51. The molecule has 1 aliphatic rings. The Balaban J connectivity index is 1.98. The molecule has 0 radical (unpaired) electrons. The predicted molar refractivity (Wildman–Crippen MR) is 141 cm³/mol. The van der Waals surface area contributed by atoms with E-state index >= 15 is 0 Å². The number of halogens is 1. The summed E-state index contributed by atoms with van der Waals surface area (Å²) in [4.78, 5) is 27.2. The van der Waals surface area contributed by atoms with Crippen molar-refractivity contribution in [3.05, 3.63) is 65.1 Å². The van der Waals surface area contributed by atoms with Crippen molar-refractivity contribution in [3.63, 3.8) is 0 Å². The normalized spacial score (nSPS) is 18.6. The number of aryl methyl sites for hydroxylation is 1. The van der Waals surface area contributed by atoms with Crippen molar-refractivity contribution in [1.29, 1.82) is 0 Å². The highest BCUT2D eigenvalue weighted by Gasteiger charge is 2.44. The Morgan fingerprint density at radius 3 is 2.37 bits per heavy atom. The van der Waals surface area contributed by atoms with E-state index < -0.39 is 38.9 Å². The number of benzene rings is 2. The van der Waals surface area contributed by atoms with Crippen LogP contribution in [0.2, 0.25) is 0 Å². The lowest BCUT2D eigenvalue weighted by Gasteiger charge is -2.36. The summed E-state index contributed by atoms with van der Waals surface area (Å²) < 4.78 is 54.6. The monoisotopic (exact) mass is 544 g/mol. The molecule has 10 heteroatoms. The smallest absolute Gasteiger partial charge is 0.338 e. The number of carbonyl (C=O) groups excluding carboxylic acids is 2. The molecule has 3 aromatic rings. The first kappa shape index (κ1) is 27.8. The second-order valence-corrected chi connectivity index (χ2v) is 12.7. The Morgan fingerprint density at radius 1 is 1.11 bits per heavy atom. The van der Waals surface area contributed by atoms with Gasteiger partial charge in [0.05, 0.1) is 40.9 Å². The molecule has 8 nitrogen and oxygen atoms in total. The Labute approximate surface area is 222 Å². The zero-order valence-electron chi connectivity index (χ0n) is 22.5. The third-order valence-electron chi connectivity index (χ3n) is 6.89. The van der Waals surface area contributed by atoms with Gasteiger partial charge in [-0.25, -0.2) is 21.6 Å². The molecule has 1 aromatic heterocycles. The summed E-state index contributed by atoms with van der Waals surface area (Å²) in [5, 5.41) is 0.245. The highest BCUT2D eigenvalue weighted by atomic mass is 32.2. The maximum Gasteiger partial charge on any atom is 0.338 e. The molecule has 0 N–H and O–H groups in total. The molecule has 0 saturated carbocycles. The molecule has 0 aliphatic carbocycles. The van der Waals surface area contributed by atoms with Crippen LogP contribution in [0.5, 0.6) is 0 Å². The van der Waals surface area contributed by atoms with E-state index in [2.05, 4.69) is 0 Å². The van der Waals surface area contributed by atoms with Crippen LogP contribution in [0.3, 0.4) is 0 Å². The number of likely N-dealkylation sites (tertiary alicyclic amines) is 1. The molecule has 0 bridgehead atoms. The highest BCUT2D eigenvalue weighted by Crippen LogP contribution is 2.43. The molecule has 4 rings (SSSR count). The van der Waals surface area contributed by atoms with Crippen molar-refractivity contribution in [2.45, 2.75) is 63.5 Å². The minimum Gasteiger partial charge on any atom is -0.465 e. The Kier molecular flexibility index (Phi) is 7.18. The summed E-state index contributed by atoms with van der Waals surface area (Å²) >= 11 is 0. The average molecular weight is 545 g/mol. The molecule has 204 valence electrons. The summed E-state index contributed by atoms with van der Waals surface area (Å²) in [6, 6.07) is 10.1. The first-order valence-corrected chi connectivity index (χ1v) is 13.8. The van der Waals surface area contributed by atoms with Gasteiger partial charge in [-0.15, -0.1) is 0 Å². The van der Waals surface area contributed by atoms with E-state index in [1.54, 1.807) is 39.0 Å². The molecule has 1 aliphatic heterocycles. The van der Waals surface area contributed by atoms with Crippen LogP contribution in [0.1, 0.15) is 62.2 Å². The van der Waals surface area contributed by atoms with Gasteiger partial charge in [-0.1, -0.05) is 17.7 Å². The molecule has 0 unspecified atom stereocenters. The van der Waals surface area contributed by atoms with Crippen LogP contribution in [0.25, 0.3) is 10.9 Å². The Hall–Kier alpha value is -3.24. The lowest BCUT2D eigenvalue weighted by molar-refractivity contribution is -0.157. The topological polar surface area (TPSA) is 94.9 Å². The fraction of sp³-hybridized carbons (Fsp3) is 0.429. The molecule has 2 aromatic carbocycles. The van der Waals surface area contributed by atoms with E-state index in [-0.39, 0.29) is 27.9 Å². The van der Waals surface area contributed by atoms with Gasteiger partial charge in [0.15, 0.2) is 0 Å². The molecule has 1 saturated heterocycles. The van der Waals surface area contributed by atoms with E-state index in [0.717, 1.165) is 21.7 Å². The number of ether oxygens (including phenoxy) is 2. The van der Waals surface area contributed by atoms with Crippen LogP contribution in [0.4, 0.5) is 4.39 Å². The Morgan fingerprint density at radius 2 is 1.76 bits per heavy atom. The molecular weight excluding hydrogens is 511 g/mol. The second kappa shape index (κ2) is 9.81. The number of rotatable bonds is 6. The first-order valence-electron chi connectivity index (χ1n) is 12.4. The van der Waals surface area contributed by atoms with Gasteiger partial charge in [0.2, 0.25) is 0 Å². The quantitative estimate of drug-likeness (QED) is 0.413. The summed E-state index contributed by atoms with van der Waals surface area (Å²) in [5.74, 6) is -1.99. The van der Waals surface area contributed by atoms with Crippen LogP contribution < -0.4 is 0 Å². The number of esters is 2. The van der Waals surface area contributed by atoms with Gasteiger partial charge in [-0.2, -0.15) is 0 Å². The predicted octanol–water partition coefficient (Wildman–Crippen LogP) is 4.77. The van der Waals surface area contributed by atoms with Crippen LogP contribution in [-0.4, -0.2) is 55.0 Å². The summed E-state index contributed by atoms with van der Waals surface area (Å²) in [7, 11) is -3.06. The molecule has 2 heterocycles. The number of methoxy groups -OCH3 is 1. The van der Waals surface area contributed by atoms with Crippen molar-refractivity contribution in [2.75, 3.05) is 20.2 Å². The van der Waals surface area contributed by atoms with Crippen molar-refractivity contribution in [3.8, 4) is 0 Å². The van der Waals surface area contributed by atoms with E-state index in [0.29, 0.717) is 25.1 Å². The van der Waals surface area contributed by atoms with E-state index in [4.69, 9.17) is 9.47 Å². The SMILES string of the molecule is COC(=O)c1cc(F)cc2c1cc([C@@]1(C)CCCN1CC(=O)OC(C)(C)C)n2S(=O)(=O)c1ccc(C)cc1. The number of hydrogen-bond acceptors (Lipinski definition) is 7. The van der Waals surface area contributed by atoms with Gasteiger partial charge in [-0.05, 0) is 84.3 Å². The number of fused-ring (bicyclic) bond motifs is 1. The fourth-order valence-electron chi connectivity index (χ4n) is 5.07. The highest BCUT2D eigenvalue weighted by molar-refractivity contribution is 7.90. The van der Waals surface area contributed by atoms with Crippen LogP contribution in [0, 0.1) is 12.7 Å². The molecule has 1 fully saturated rings. The third kappa shape index (κ3) is 5.07. The zero-order valence-corrected chi connectivity index (χ0v) is 23.3. The van der Waals surface area contributed by atoms with E-state index in [1.807, 2.05) is 18.7 Å². The summed E-state index contributed by atoms with van der Waals surface area (Å²) in [5.41, 5.74) is -0.466. The number of carbonyl (C=O) groups is 2. The number of nitrogens with zero attached hydrogens (tertiary/aromatic N) is 2. The number of aromatic nitrogens is 1. The van der Waals surface area contributed by atoms with E-state index in [9.17, 15) is 22.4 Å². The standard InChI is InChI=1S/C28H33FN2O6S/c1-18-8-10-20(11-9-18)38(34,35)31-23-15-19(29)14-22(26(33)36-6)21(23)16-24(31)28(5)12-7-13-30(28)17-25(32)37-27(2,3)4/h8-11,14-16H,7,12-13,17H2,1-6H3/t28-/m1/s1. The molecule has 38 heavy (non-hydrogen) atoms. The lowest BCUT2D eigenvalue weighted by atomic mass is 9.94. The summed E-state index contributed by atoms with van der Waals surface area (Å²) in [6.07, 6.45) is 1.23. The van der Waals surface area contributed by atoms with Crippen molar-refractivity contribution < 1.29 is 31.9 Å². The van der Waals surface area contributed by atoms with Crippen molar-refractivity contribution >= 4 is 32.9 Å². The minimum atomic E-state index is -4.24. The third-order valence-corrected chi connectivity index (χ3v) is 8.63. The van der Waals surface area contributed by atoms with Crippen LogP contribution in [0.15, 0.2) is 47.4 Å². The van der Waals surface area contributed by atoms with Gasteiger partial charge in [0.25, 0.3) is 10.0 Å². The maximum atomic E-state index is 14.8. The van der Waals surface area contributed by atoms with Gasteiger partial charge in [-0.3, -0.25) is 9.69 Å². The first-order chi connectivity index (χ1) is 17.7. The maximum absolute atomic E-state index is 14.8. The molecular formula is C28H33FN2O6S. The van der Waals surface area contributed by atoms with Crippen molar-refractivity contribution in [2.24, 2.45) is 0 Å². The molecule has 0 spiro atoms. The van der Waals surface area contributed by atoms with Crippen LogP contribution >= 0.6 is 0 Å². The van der Waals surface area contributed by atoms with Crippen molar-refractivity contribution in [1.82, 2.24) is 8.87 Å². The van der Waals surface area contributed by atoms with Crippen LogP contribution in [-0.2, 0) is 29.8 Å². The zero-order chi connectivity index (χ0) is 28.0.